The lowest BCUT2D eigenvalue weighted by Crippen LogP contribution is -2.55. The number of amides is 1. The summed E-state index contributed by atoms with van der Waals surface area (Å²) in [7, 11) is 4.00. The molecule has 236 valence electrons. The Bertz CT molecular complexity index is 1450. The van der Waals surface area contributed by atoms with Crippen molar-refractivity contribution in [3.8, 4) is 12.1 Å². The lowest BCUT2D eigenvalue weighted by atomic mass is 9.96. The molecule has 1 saturated carbocycles. The van der Waals surface area contributed by atoms with E-state index in [2.05, 4.69) is 17.5 Å². The minimum absolute atomic E-state index is 0.00566. The predicted octanol–water partition coefficient (Wildman–Crippen LogP) is 4.42. The van der Waals surface area contributed by atoms with Crippen LogP contribution in [0.5, 0.6) is 6.01 Å². The largest absolute Gasteiger partial charge is 0.463 e. The SMILES string of the molecule is C=CC(=O)N1CCN(c2nc(OCC3(CN(C)C)CC3)nc3c2CC(C)N(c2cccc(F)c2C(F)(F)F)C3)C[C@@H]1CC#N. The zero-order valence-electron chi connectivity index (χ0n) is 25.2. The number of nitriles is 1. The van der Waals surface area contributed by atoms with Gasteiger partial charge >= 0.3 is 12.2 Å². The van der Waals surface area contributed by atoms with Crippen molar-refractivity contribution in [2.45, 2.75) is 57.4 Å². The van der Waals surface area contributed by atoms with Crippen LogP contribution in [0.4, 0.5) is 29.1 Å². The van der Waals surface area contributed by atoms with E-state index in [0.29, 0.717) is 44.2 Å². The monoisotopic (exact) mass is 615 g/mol. The fourth-order valence-electron chi connectivity index (χ4n) is 6.39. The molecule has 44 heavy (non-hydrogen) atoms. The third-order valence-corrected chi connectivity index (χ3v) is 8.67. The number of ether oxygens (including phenoxy) is 1. The smallest absolute Gasteiger partial charge is 0.421 e. The van der Waals surface area contributed by atoms with Gasteiger partial charge in [0.25, 0.3) is 0 Å². The Labute approximate surface area is 254 Å². The van der Waals surface area contributed by atoms with Gasteiger partial charge in [-0.15, -0.1) is 0 Å². The maximum absolute atomic E-state index is 14.6. The van der Waals surface area contributed by atoms with Crippen molar-refractivity contribution < 1.29 is 27.1 Å². The van der Waals surface area contributed by atoms with Crippen molar-refractivity contribution in [3.63, 3.8) is 0 Å². The summed E-state index contributed by atoms with van der Waals surface area (Å²) in [6, 6.07) is 4.82. The first-order valence-electron chi connectivity index (χ1n) is 14.7. The highest BCUT2D eigenvalue weighted by molar-refractivity contribution is 5.87. The Morgan fingerprint density at radius 1 is 1.27 bits per heavy atom. The highest BCUT2D eigenvalue weighted by Crippen LogP contribution is 2.46. The number of aromatic nitrogens is 2. The van der Waals surface area contributed by atoms with Crippen molar-refractivity contribution >= 4 is 17.4 Å². The average molecular weight is 616 g/mol. The number of benzene rings is 1. The number of hydrogen-bond acceptors (Lipinski definition) is 8. The van der Waals surface area contributed by atoms with Gasteiger partial charge in [-0.1, -0.05) is 12.6 Å². The van der Waals surface area contributed by atoms with E-state index >= 15 is 0 Å². The molecule has 5 rings (SSSR count). The molecule has 2 atom stereocenters. The molecule has 2 fully saturated rings. The van der Waals surface area contributed by atoms with E-state index in [1.165, 1.54) is 23.1 Å². The summed E-state index contributed by atoms with van der Waals surface area (Å²) in [5.74, 6) is -1.00. The molecule has 1 aromatic carbocycles. The predicted molar refractivity (Wildman–Crippen MR) is 157 cm³/mol. The van der Waals surface area contributed by atoms with Crippen LogP contribution < -0.4 is 14.5 Å². The Kier molecular flexibility index (Phi) is 8.75. The van der Waals surface area contributed by atoms with Gasteiger partial charge < -0.3 is 24.3 Å². The van der Waals surface area contributed by atoms with Gasteiger partial charge in [-0.25, -0.2) is 4.39 Å². The van der Waals surface area contributed by atoms with Gasteiger partial charge in [-0.05, 0) is 58.5 Å². The molecule has 9 nitrogen and oxygen atoms in total. The number of anilines is 2. The summed E-state index contributed by atoms with van der Waals surface area (Å²) in [4.78, 5) is 29.3. The van der Waals surface area contributed by atoms with E-state index < -0.39 is 29.6 Å². The van der Waals surface area contributed by atoms with E-state index in [9.17, 15) is 27.6 Å². The minimum atomic E-state index is -4.88. The molecule has 1 aliphatic carbocycles. The first-order chi connectivity index (χ1) is 20.9. The Balaban J connectivity index is 1.52. The Morgan fingerprint density at radius 2 is 2.02 bits per heavy atom. The summed E-state index contributed by atoms with van der Waals surface area (Å²) >= 11 is 0. The first kappa shape index (κ1) is 31.5. The first-order valence-corrected chi connectivity index (χ1v) is 14.7. The Hall–Kier alpha value is -3.92. The van der Waals surface area contributed by atoms with Gasteiger partial charge in [-0.3, -0.25) is 4.79 Å². The summed E-state index contributed by atoms with van der Waals surface area (Å²) < 4.78 is 62.7. The number of hydrogen-bond donors (Lipinski definition) is 0. The van der Waals surface area contributed by atoms with Gasteiger partial charge in [0.1, 0.15) is 17.2 Å². The molecule has 1 amide bonds. The lowest BCUT2D eigenvalue weighted by molar-refractivity contribution is -0.139. The molecule has 1 saturated heterocycles. The molecular weight excluding hydrogens is 578 g/mol. The fraction of sp³-hybridized carbons (Fsp3) is 0.548. The summed E-state index contributed by atoms with van der Waals surface area (Å²) in [6.07, 6.45) is -1.22. The van der Waals surface area contributed by atoms with Crippen molar-refractivity contribution in [2.24, 2.45) is 5.41 Å². The number of carbonyl (C=O) groups excluding carboxylic acids is 1. The molecule has 1 aromatic heterocycles. The zero-order chi connectivity index (χ0) is 31.8. The highest BCUT2D eigenvalue weighted by atomic mass is 19.4. The molecule has 0 spiro atoms. The average Bonchev–Trinajstić information content (AvgIpc) is 3.73. The lowest BCUT2D eigenvalue weighted by Gasteiger charge is -2.43. The maximum Gasteiger partial charge on any atom is 0.421 e. The molecule has 13 heteroatoms. The van der Waals surface area contributed by atoms with Gasteiger partial charge in [0.05, 0.1) is 43.1 Å². The van der Waals surface area contributed by atoms with Crippen LogP contribution in [0.2, 0.25) is 0 Å². The van der Waals surface area contributed by atoms with E-state index in [-0.39, 0.29) is 36.0 Å². The van der Waals surface area contributed by atoms with Crippen LogP contribution in [-0.4, -0.2) is 84.6 Å². The van der Waals surface area contributed by atoms with Crippen LogP contribution >= 0.6 is 0 Å². The molecule has 0 radical (unpaired) electrons. The van der Waals surface area contributed by atoms with Gasteiger partial charge in [0, 0.05) is 43.2 Å². The summed E-state index contributed by atoms with van der Waals surface area (Å²) in [5, 5.41) is 9.48. The van der Waals surface area contributed by atoms with Crippen molar-refractivity contribution in [1.29, 1.82) is 5.26 Å². The van der Waals surface area contributed by atoms with E-state index in [1.54, 1.807) is 11.8 Å². The Morgan fingerprint density at radius 3 is 2.66 bits per heavy atom. The molecule has 1 unspecified atom stereocenters. The second kappa shape index (κ2) is 12.2. The van der Waals surface area contributed by atoms with E-state index in [4.69, 9.17) is 14.7 Å². The standard InChI is InChI=1S/C31H37F4N7O2/c1-5-26(43)41-14-13-40(16-21(41)9-12-36)28-22-15-20(2)42(25-8-6-7-23(32)27(25)31(33,34)35)17-24(22)37-29(38-28)44-19-30(10-11-30)18-39(3)4/h5-8,20-21H,1,9-11,13-19H2,2-4H3/t20?,21-/m0/s1. The normalized spacial score (nSPS) is 21.1. The van der Waals surface area contributed by atoms with Gasteiger partial charge in [0.15, 0.2) is 0 Å². The van der Waals surface area contributed by atoms with Crippen LogP contribution in [0.15, 0.2) is 30.9 Å². The molecular formula is C31H37F4N7O2. The number of piperazine rings is 1. The summed E-state index contributed by atoms with van der Waals surface area (Å²) in [6.45, 7) is 7.70. The molecule has 2 aliphatic heterocycles. The molecule has 0 N–H and O–H groups in total. The number of halogens is 4. The van der Waals surface area contributed by atoms with Crippen molar-refractivity contribution in [1.82, 2.24) is 19.8 Å². The highest BCUT2D eigenvalue weighted by Gasteiger charge is 2.45. The number of alkyl halides is 3. The number of fused-ring (bicyclic) bond motifs is 1. The van der Waals surface area contributed by atoms with Gasteiger partial charge in [0.2, 0.25) is 5.91 Å². The second-order valence-electron chi connectivity index (χ2n) is 12.3. The molecule has 3 heterocycles. The number of carbonyl (C=O) groups is 1. The third kappa shape index (κ3) is 6.45. The number of rotatable bonds is 9. The molecule has 2 aromatic rings. The van der Waals surface area contributed by atoms with Gasteiger partial charge in [-0.2, -0.15) is 28.4 Å². The second-order valence-corrected chi connectivity index (χ2v) is 12.3. The van der Waals surface area contributed by atoms with Crippen LogP contribution in [0, 0.1) is 22.6 Å². The van der Waals surface area contributed by atoms with Crippen LogP contribution in [0.25, 0.3) is 0 Å². The molecule has 0 bridgehead atoms. The summed E-state index contributed by atoms with van der Waals surface area (Å²) in [5.41, 5.74) is -0.296. The number of nitrogens with zero attached hydrogens (tertiary/aromatic N) is 7. The topological polar surface area (TPSA) is 88.8 Å². The van der Waals surface area contributed by atoms with Crippen LogP contribution in [0.1, 0.15) is 43.0 Å². The zero-order valence-corrected chi connectivity index (χ0v) is 25.2. The molecule has 3 aliphatic rings. The van der Waals surface area contributed by atoms with Crippen molar-refractivity contribution in [2.75, 3.05) is 56.7 Å². The maximum atomic E-state index is 14.6. The van der Waals surface area contributed by atoms with E-state index in [0.717, 1.165) is 31.0 Å². The van der Waals surface area contributed by atoms with Crippen LogP contribution in [0.3, 0.4) is 0 Å². The van der Waals surface area contributed by atoms with Crippen molar-refractivity contribution in [3.05, 3.63) is 53.5 Å². The van der Waals surface area contributed by atoms with E-state index in [1.807, 2.05) is 19.0 Å². The quantitative estimate of drug-likeness (QED) is 0.303. The third-order valence-electron chi connectivity index (χ3n) is 8.67. The van der Waals surface area contributed by atoms with Crippen LogP contribution in [-0.2, 0) is 23.9 Å². The fourth-order valence-corrected chi connectivity index (χ4v) is 6.39. The minimum Gasteiger partial charge on any atom is -0.463 e.